The SMILES string of the molecule is O=[N+]([O-])c1cccc(S(=O)(=O)c2ccccc2)c1F. The Morgan fingerprint density at radius 2 is 1.63 bits per heavy atom. The third kappa shape index (κ3) is 2.32. The molecule has 0 heterocycles. The van der Waals surface area contributed by atoms with Crippen LogP contribution in [-0.2, 0) is 9.84 Å². The van der Waals surface area contributed by atoms with Crippen LogP contribution in [0.5, 0.6) is 0 Å². The van der Waals surface area contributed by atoms with Crippen LogP contribution in [0, 0.1) is 15.9 Å². The zero-order valence-electron chi connectivity index (χ0n) is 9.49. The molecule has 0 aliphatic rings. The fourth-order valence-electron chi connectivity index (χ4n) is 1.57. The van der Waals surface area contributed by atoms with Gasteiger partial charge in [0.1, 0.15) is 4.90 Å². The van der Waals surface area contributed by atoms with Crippen molar-refractivity contribution in [2.75, 3.05) is 0 Å². The summed E-state index contributed by atoms with van der Waals surface area (Å²) in [5.74, 6) is -1.35. The smallest absolute Gasteiger partial charge is 0.258 e. The summed E-state index contributed by atoms with van der Waals surface area (Å²) < 4.78 is 38.2. The minimum absolute atomic E-state index is 0.116. The molecule has 0 spiro atoms. The summed E-state index contributed by atoms with van der Waals surface area (Å²) in [7, 11) is -4.11. The Bertz CT molecular complexity index is 729. The molecular formula is C12H8FNO4S. The maximum atomic E-state index is 13.9. The van der Waals surface area contributed by atoms with Crippen LogP contribution < -0.4 is 0 Å². The highest BCUT2D eigenvalue weighted by atomic mass is 32.2. The number of hydrogen-bond acceptors (Lipinski definition) is 4. The maximum absolute atomic E-state index is 13.9. The van der Waals surface area contributed by atoms with E-state index in [4.69, 9.17) is 0 Å². The Hall–Kier alpha value is -2.28. The van der Waals surface area contributed by atoms with Crippen molar-refractivity contribution in [3.8, 4) is 0 Å². The highest BCUT2D eigenvalue weighted by molar-refractivity contribution is 7.91. The molecule has 5 nitrogen and oxygen atoms in total. The molecule has 98 valence electrons. The third-order valence-corrected chi connectivity index (χ3v) is 4.27. The molecular weight excluding hydrogens is 273 g/mol. The standard InChI is InChI=1S/C12H8FNO4S/c13-12-10(14(15)16)7-4-8-11(12)19(17,18)9-5-2-1-3-6-9/h1-8H. The van der Waals surface area contributed by atoms with E-state index in [1.807, 2.05) is 0 Å². The van der Waals surface area contributed by atoms with Crippen molar-refractivity contribution < 1.29 is 17.7 Å². The second-order valence-corrected chi connectivity index (χ2v) is 5.58. The number of nitro groups is 1. The van der Waals surface area contributed by atoms with Gasteiger partial charge in [0, 0.05) is 6.07 Å². The molecule has 0 unspecified atom stereocenters. The van der Waals surface area contributed by atoms with Crippen LogP contribution in [0.2, 0.25) is 0 Å². The Kier molecular flexibility index (Phi) is 3.30. The lowest BCUT2D eigenvalue weighted by atomic mass is 10.3. The van der Waals surface area contributed by atoms with E-state index in [1.165, 1.54) is 24.3 Å². The zero-order valence-corrected chi connectivity index (χ0v) is 10.3. The molecule has 0 atom stereocenters. The van der Waals surface area contributed by atoms with Crippen LogP contribution in [0.1, 0.15) is 0 Å². The molecule has 2 aromatic rings. The van der Waals surface area contributed by atoms with Crippen LogP contribution in [0.25, 0.3) is 0 Å². The van der Waals surface area contributed by atoms with Gasteiger partial charge in [-0.05, 0) is 18.2 Å². The first-order chi connectivity index (χ1) is 8.94. The zero-order chi connectivity index (χ0) is 14.0. The monoisotopic (exact) mass is 281 g/mol. The van der Waals surface area contributed by atoms with E-state index in [1.54, 1.807) is 6.07 Å². The fraction of sp³-hybridized carbons (Fsp3) is 0. The van der Waals surface area contributed by atoms with Gasteiger partial charge < -0.3 is 0 Å². The number of rotatable bonds is 3. The average Bonchev–Trinajstić information content (AvgIpc) is 2.39. The number of hydrogen-bond donors (Lipinski definition) is 0. The van der Waals surface area contributed by atoms with Crippen LogP contribution >= 0.6 is 0 Å². The second-order valence-electron chi connectivity index (χ2n) is 3.66. The van der Waals surface area contributed by atoms with E-state index in [0.717, 1.165) is 18.2 Å². The highest BCUT2D eigenvalue weighted by Crippen LogP contribution is 2.28. The van der Waals surface area contributed by atoms with Crippen molar-refractivity contribution in [1.82, 2.24) is 0 Å². The van der Waals surface area contributed by atoms with Crippen molar-refractivity contribution in [2.24, 2.45) is 0 Å². The molecule has 19 heavy (non-hydrogen) atoms. The Labute approximate surface area is 108 Å². The number of nitrogens with zero attached hydrogens (tertiary/aromatic N) is 1. The molecule has 0 saturated heterocycles. The molecule has 0 aromatic heterocycles. The number of benzene rings is 2. The first-order valence-electron chi connectivity index (χ1n) is 5.17. The summed E-state index contributed by atoms with van der Waals surface area (Å²) in [5.41, 5.74) is -0.864. The lowest BCUT2D eigenvalue weighted by molar-refractivity contribution is -0.387. The van der Waals surface area contributed by atoms with Gasteiger partial charge in [-0.15, -0.1) is 0 Å². The fourth-order valence-corrected chi connectivity index (χ4v) is 2.94. The topological polar surface area (TPSA) is 77.3 Å². The molecule has 0 amide bonds. The minimum atomic E-state index is -4.11. The van der Waals surface area contributed by atoms with Gasteiger partial charge in [0.2, 0.25) is 15.7 Å². The Balaban J connectivity index is 2.66. The summed E-state index contributed by atoms with van der Waals surface area (Å²) >= 11 is 0. The van der Waals surface area contributed by atoms with Gasteiger partial charge in [-0.1, -0.05) is 24.3 Å². The quantitative estimate of drug-likeness (QED) is 0.640. The summed E-state index contributed by atoms with van der Waals surface area (Å²) in [6.45, 7) is 0. The minimum Gasteiger partial charge on any atom is -0.258 e. The Morgan fingerprint density at radius 1 is 1.00 bits per heavy atom. The molecule has 0 aliphatic carbocycles. The third-order valence-electron chi connectivity index (χ3n) is 2.48. The lowest BCUT2D eigenvalue weighted by Gasteiger charge is -2.05. The van der Waals surface area contributed by atoms with E-state index in [2.05, 4.69) is 0 Å². The van der Waals surface area contributed by atoms with Gasteiger partial charge in [0.05, 0.1) is 9.82 Å². The van der Waals surface area contributed by atoms with E-state index < -0.39 is 31.2 Å². The first-order valence-corrected chi connectivity index (χ1v) is 6.66. The average molecular weight is 281 g/mol. The molecule has 0 bridgehead atoms. The van der Waals surface area contributed by atoms with Crippen LogP contribution in [-0.4, -0.2) is 13.3 Å². The van der Waals surface area contributed by atoms with Gasteiger partial charge in [0.25, 0.3) is 0 Å². The second kappa shape index (κ2) is 4.77. The predicted octanol–water partition coefficient (Wildman–Crippen LogP) is 2.57. The van der Waals surface area contributed by atoms with Gasteiger partial charge >= 0.3 is 5.69 Å². The Morgan fingerprint density at radius 3 is 2.21 bits per heavy atom. The summed E-state index contributed by atoms with van der Waals surface area (Å²) in [6, 6.07) is 10.2. The summed E-state index contributed by atoms with van der Waals surface area (Å²) in [6.07, 6.45) is 0. The number of halogens is 1. The summed E-state index contributed by atoms with van der Waals surface area (Å²) in [4.78, 5) is 8.83. The highest BCUT2D eigenvalue weighted by Gasteiger charge is 2.27. The van der Waals surface area contributed by atoms with Crippen LogP contribution in [0.4, 0.5) is 10.1 Å². The largest absolute Gasteiger partial charge is 0.306 e. The molecule has 7 heteroatoms. The maximum Gasteiger partial charge on any atom is 0.306 e. The molecule has 0 aliphatic heterocycles. The van der Waals surface area contributed by atoms with E-state index in [0.29, 0.717) is 0 Å². The van der Waals surface area contributed by atoms with Crippen molar-refractivity contribution >= 4 is 15.5 Å². The summed E-state index contributed by atoms with van der Waals surface area (Å²) in [5, 5.41) is 10.6. The predicted molar refractivity (Wildman–Crippen MR) is 64.9 cm³/mol. The normalized spacial score (nSPS) is 11.2. The number of nitro benzene ring substituents is 1. The molecule has 0 N–H and O–H groups in total. The van der Waals surface area contributed by atoms with E-state index >= 15 is 0 Å². The van der Waals surface area contributed by atoms with Crippen LogP contribution in [0.3, 0.4) is 0 Å². The van der Waals surface area contributed by atoms with Crippen molar-refractivity contribution in [3.63, 3.8) is 0 Å². The van der Waals surface area contributed by atoms with Crippen molar-refractivity contribution in [1.29, 1.82) is 0 Å². The molecule has 0 saturated carbocycles. The lowest BCUT2D eigenvalue weighted by Crippen LogP contribution is -2.06. The molecule has 2 rings (SSSR count). The first kappa shape index (κ1) is 13.2. The van der Waals surface area contributed by atoms with E-state index in [9.17, 15) is 22.9 Å². The van der Waals surface area contributed by atoms with Crippen molar-refractivity contribution in [3.05, 3.63) is 64.5 Å². The van der Waals surface area contributed by atoms with Gasteiger partial charge in [-0.2, -0.15) is 4.39 Å². The number of sulfone groups is 1. The van der Waals surface area contributed by atoms with Crippen LogP contribution in [0.15, 0.2) is 58.3 Å². The van der Waals surface area contributed by atoms with Gasteiger partial charge in [-0.3, -0.25) is 10.1 Å². The van der Waals surface area contributed by atoms with Crippen molar-refractivity contribution in [2.45, 2.75) is 9.79 Å². The molecule has 2 aromatic carbocycles. The van der Waals surface area contributed by atoms with Gasteiger partial charge in [0.15, 0.2) is 0 Å². The van der Waals surface area contributed by atoms with Gasteiger partial charge in [-0.25, -0.2) is 8.42 Å². The molecule has 0 fully saturated rings. The van der Waals surface area contributed by atoms with E-state index in [-0.39, 0.29) is 4.90 Å². The molecule has 0 radical (unpaired) electrons.